The average molecular weight is 585 g/mol. The Kier molecular flexibility index (Phi) is 4.90. The molecular formula is C39H24N2S2. The molecule has 0 aliphatic carbocycles. The van der Waals surface area contributed by atoms with E-state index in [0.29, 0.717) is 0 Å². The van der Waals surface area contributed by atoms with Crippen LogP contribution >= 0.6 is 23.1 Å². The molecule has 2 nitrogen and oxygen atoms in total. The number of rotatable bonds is 2. The van der Waals surface area contributed by atoms with Crippen molar-refractivity contribution in [2.75, 3.05) is 5.32 Å². The molecular weight excluding hydrogens is 561 g/mol. The Morgan fingerprint density at radius 1 is 0.512 bits per heavy atom. The Balaban J connectivity index is 1.12. The van der Waals surface area contributed by atoms with Gasteiger partial charge in [0.25, 0.3) is 0 Å². The molecule has 4 heteroatoms. The maximum Gasteiger partial charge on any atom is 0.103 e. The molecule has 202 valence electrons. The van der Waals surface area contributed by atoms with Gasteiger partial charge in [-0.1, -0.05) is 103 Å². The first-order chi connectivity index (χ1) is 21.3. The molecule has 0 bridgehead atoms. The number of hydrogen-bond acceptors (Lipinski definition) is 3. The summed E-state index contributed by atoms with van der Waals surface area (Å²) in [5.74, 6) is 0. The fraction of sp³-hybridized carbons (Fsp3) is 0.0256. The van der Waals surface area contributed by atoms with Gasteiger partial charge in [0.2, 0.25) is 0 Å². The predicted octanol–water partition coefficient (Wildman–Crippen LogP) is 11.7. The van der Waals surface area contributed by atoms with Gasteiger partial charge in [-0.3, -0.25) is 0 Å². The second-order valence-corrected chi connectivity index (χ2v) is 13.6. The van der Waals surface area contributed by atoms with Crippen molar-refractivity contribution < 1.29 is 0 Å². The van der Waals surface area contributed by atoms with E-state index < -0.39 is 0 Å². The van der Waals surface area contributed by atoms with Gasteiger partial charge in [-0.2, -0.15) is 0 Å². The highest BCUT2D eigenvalue weighted by Crippen LogP contribution is 2.52. The predicted molar refractivity (Wildman–Crippen MR) is 187 cm³/mol. The highest BCUT2D eigenvalue weighted by atomic mass is 32.2. The van der Waals surface area contributed by atoms with Crippen LogP contribution in [0.1, 0.15) is 10.9 Å². The lowest BCUT2D eigenvalue weighted by molar-refractivity contribution is 1.12. The molecule has 0 radical (unpaired) electrons. The van der Waals surface area contributed by atoms with Crippen molar-refractivity contribution >= 4 is 92.3 Å². The van der Waals surface area contributed by atoms with Crippen LogP contribution in [0, 0.1) is 0 Å². The first-order valence-corrected chi connectivity index (χ1v) is 16.3. The summed E-state index contributed by atoms with van der Waals surface area (Å²) in [7, 11) is 0. The van der Waals surface area contributed by atoms with E-state index in [-0.39, 0.29) is 5.37 Å². The Morgan fingerprint density at radius 3 is 1.84 bits per heavy atom. The standard InChI is InChI=1S/C39H24N2S2/c1-3-9-27-23(7-1)15-19-30-35(27)36-28-10-4-2-8-24(28)16-20-31(36)41(30)26-17-13-25(14-18-26)39-40-38-34(43-39)22-21-33-37(38)29-11-5-6-12-32(29)42-33/h1-22,39-40H. The summed E-state index contributed by atoms with van der Waals surface area (Å²) in [5.41, 5.74) is 6.22. The molecule has 9 aromatic rings. The third kappa shape index (κ3) is 3.36. The summed E-state index contributed by atoms with van der Waals surface area (Å²) in [6.07, 6.45) is 0. The van der Waals surface area contributed by atoms with Crippen LogP contribution in [0.25, 0.3) is 69.2 Å². The van der Waals surface area contributed by atoms with Crippen LogP contribution in [0.15, 0.2) is 138 Å². The van der Waals surface area contributed by atoms with E-state index in [1.807, 2.05) is 23.1 Å². The van der Waals surface area contributed by atoms with Crippen molar-refractivity contribution in [3.63, 3.8) is 0 Å². The zero-order valence-corrected chi connectivity index (χ0v) is 24.7. The van der Waals surface area contributed by atoms with Gasteiger partial charge in [0.05, 0.1) is 16.7 Å². The normalized spacial score (nSPS) is 14.8. The first kappa shape index (κ1) is 23.8. The van der Waals surface area contributed by atoms with Gasteiger partial charge in [-0.25, -0.2) is 0 Å². The molecule has 1 unspecified atom stereocenters. The molecule has 0 amide bonds. The van der Waals surface area contributed by atoms with Gasteiger partial charge in [0.1, 0.15) is 5.37 Å². The fourth-order valence-electron chi connectivity index (χ4n) is 7.10. The molecule has 0 spiro atoms. The van der Waals surface area contributed by atoms with Crippen LogP contribution in [0.4, 0.5) is 5.69 Å². The van der Waals surface area contributed by atoms with Gasteiger partial charge >= 0.3 is 0 Å². The highest BCUT2D eigenvalue weighted by Gasteiger charge is 2.26. The van der Waals surface area contributed by atoms with E-state index >= 15 is 0 Å². The van der Waals surface area contributed by atoms with Gasteiger partial charge in [-0.05, 0) is 69.6 Å². The molecule has 10 rings (SSSR count). The largest absolute Gasteiger partial charge is 0.368 e. The van der Waals surface area contributed by atoms with Crippen LogP contribution in [-0.4, -0.2) is 4.57 Å². The van der Waals surface area contributed by atoms with Crippen LogP contribution in [0.2, 0.25) is 0 Å². The lowest BCUT2D eigenvalue weighted by Gasteiger charge is -2.14. The molecule has 43 heavy (non-hydrogen) atoms. The number of fused-ring (bicyclic) bond motifs is 12. The molecule has 1 atom stereocenters. The molecule has 0 fully saturated rings. The molecule has 7 aromatic carbocycles. The van der Waals surface area contributed by atoms with Crippen molar-refractivity contribution in [2.24, 2.45) is 0 Å². The third-order valence-electron chi connectivity index (χ3n) is 9.03. The summed E-state index contributed by atoms with van der Waals surface area (Å²) in [6, 6.07) is 49.1. The van der Waals surface area contributed by atoms with Crippen LogP contribution in [0.5, 0.6) is 0 Å². The first-order valence-electron chi connectivity index (χ1n) is 14.6. The van der Waals surface area contributed by atoms with E-state index in [2.05, 4.69) is 143 Å². The Bertz CT molecular complexity index is 2480. The smallest absolute Gasteiger partial charge is 0.103 e. The minimum Gasteiger partial charge on any atom is -0.368 e. The molecule has 1 N–H and O–H groups in total. The maximum absolute atomic E-state index is 3.89. The average Bonchev–Trinajstić information content (AvgIpc) is 3.76. The van der Waals surface area contributed by atoms with Crippen molar-refractivity contribution in [2.45, 2.75) is 10.3 Å². The SMILES string of the molecule is c1ccc2c(c1)ccc1c2c2c3ccccc3ccc2n1-c1ccc(C2Nc3c(ccc4sc5ccccc5c34)S2)cc1. The van der Waals surface area contributed by atoms with E-state index in [0.717, 1.165) is 0 Å². The van der Waals surface area contributed by atoms with Gasteiger partial charge in [0.15, 0.2) is 0 Å². The van der Waals surface area contributed by atoms with Crippen LogP contribution in [0.3, 0.4) is 0 Å². The molecule has 3 heterocycles. The highest BCUT2D eigenvalue weighted by molar-refractivity contribution is 8.00. The zero-order valence-electron chi connectivity index (χ0n) is 23.0. The minimum absolute atomic E-state index is 0.180. The number of hydrogen-bond donors (Lipinski definition) is 1. The second-order valence-electron chi connectivity index (χ2n) is 11.3. The van der Waals surface area contributed by atoms with Crippen molar-refractivity contribution in [3.05, 3.63) is 139 Å². The molecule has 0 saturated heterocycles. The topological polar surface area (TPSA) is 17.0 Å². The number of nitrogens with one attached hydrogen (secondary N) is 1. The van der Waals surface area contributed by atoms with Gasteiger partial charge < -0.3 is 9.88 Å². The van der Waals surface area contributed by atoms with Crippen LogP contribution in [-0.2, 0) is 0 Å². The molecule has 1 aliphatic heterocycles. The van der Waals surface area contributed by atoms with Crippen molar-refractivity contribution in [1.82, 2.24) is 4.57 Å². The molecule has 2 aromatic heterocycles. The summed E-state index contributed by atoms with van der Waals surface area (Å²) in [6.45, 7) is 0. The number of anilines is 1. The number of nitrogens with zero attached hydrogens (tertiary/aromatic N) is 1. The Morgan fingerprint density at radius 2 is 1.14 bits per heavy atom. The monoisotopic (exact) mass is 584 g/mol. The lowest BCUT2D eigenvalue weighted by Crippen LogP contribution is -2.02. The lowest BCUT2D eigenvalue weighted by atomic mass is 10.00. The number of aromatic nitrogens is 1. The summed E-state index contributed by atoms with van der Waals surface area (Å²) in [5, 5.41) is 14.6. The summed E-state index contributed by atoms with van der Waals surface area (Å²) >= 11 is 3.79. The van der Waals surface area contributed by atoms with Gasteiger partial charge in [-0.15, -0.1) is 11.3 Å². The third-order valence-corrected chi connectivity index (χ3v) is 11.4. The van der Waals surface area contributed by atoms with Crippen molar-refractivity contribution in [3.8, 4) is 5.69 Å². The Labute approximate surface area is 256 Å². The summed E-state index contributed by atoms with van der Waals surface area (Å²) in [4.78, 5) is 1.33. The number of thioether (sulfide) groups is 1. The second kappa shape index (κ2) is 8.87. The van der Waals surface area contributed by atoms with Gasteiger partial charge in [0, 0.05) is 41.5 Å². The maximum atomic E-state index is 3.89. The Hall–Kier alpha value is -4.77. The quantitative estimate of drug-likeness (QED) is 0.218. The van der Waals surface area contributed by atoms with Crippen LogP contribution < -0.4 is 5.32 Å². The van der Waals surface area contributed by atoms with E-state index in [4.69, 9.17) is 0 Å². The fourth-order valence-corrected chi connectivity index (χ4v) is 9.37. The molecule has 1 aliphatic rings. The van der Waals surface area contributed by atoms with E-state index in [9.17, 15) is 0 Å². The molecule has 0 saturated carbocycles. The van der Waals surface area contributed by atoms with Crippen molar-refractivity contribution in [1.29, 1.82) is 0 Å². The number of thiophene rings is 1. The van der Waals surface area contributed by atoms with E-state index in [1.54, 1.807) is 0 Å². The zero-order chi connectivity index (χ0) is 28.1. The summed E-state index contributed by atoms with van der Waals surface area (Å²) < 4.78 is 5.13. The van der Waals surface area contributed by atoms with E-state index in [1.165, 1.54) is 85.4 Å². The minimum atomic E-state index is 0.180. The number of benzene rings is 7.